The molecule has 1 N–H and O–H groups in total. The summed E-state index contributed by atoms with van der Waals surface area (Å²) in [6.07, 6.45) is 4.85. The molecular weight excluding hydrogens is 284 g/mol. The lowest BCUT2D eigenvalue weighted by Gasteiger charge is -2.23. The molecule has 0 amide bonds. The number of nitrogens with one attached hydrogen (secondary N) is 1. The summed E-state index contributed by atoms with van der Waals surface area (Å²) < 4.78 is 2.09. The van der Waals surface area contributed by atoms with E-state index in [0.717, 1.165) is 19.4 Å². The predicted octanol–water partition coefficient (Wildman–Crippen LogP) is 2.15. The van der Waals surface area contributed by atoms with Crippen molar-refractivity contribution in [2.45, 2.75) is 46.1 Å². The summed E-state index contributed by atoms with van der Waals surface area (Å²) in [5.41, 5.74) is 4.80. The molecule has 2 fully saturated rings. The Morgan fingerprint density at radius 1 is 1.24 bits per heavy atom. The molecule has 0 bridgehead atoms. The van der Waals surface area contributed by atoms with E-state index in [1.54, 1.807) is 0 Å². The molecule has 5 heteroatoms. The number of hydrogen-bond acceptors (Lipinski definition) is 3. The van der Waals surface area contributed by atoms with E-state index in [4.69, 9.17) is 5.10 Å². The normalized spacial score (nSPS) is 25.7. The van der Waals surface area contributed by atoms with Gasteiger partial charge in [-0.1, -0.05) is 13.8 Å². The van der Waals surface area contributed by atoms with Crippen molar-refractivity contribution in [2.24, 2.45) is 12.5 Å². The molecule has 1 unspecified atom stereocenters. The number of aryl methyl sites for hydroxylation is 2. The highest BCUT2D eigenvalue weighted by Gasteiger charge is 2.40. The van der Waals surface area contributed by atoms with Crippen molar-refractivity contribution < 1.29 is 0 Å². The average molecular weight is 313 g/mol. The number of rotatable bonds is 4. The Hall–Kier alpha value is -0.580. The van der Waals surface area contributed by atoms with Crippen molar-refractivity contribution in [3.8, 4) is 0 Å². The molecule has 3 rings (SSSR count). The fourth-order valence-electron chi connectivity index (χ4n) is 4.10. The van der Waals surface area contributed by atoms with Crippen LogP contribution in [0.2, 0.25) is 0 Å². The van der Waals surface area contributed by atoms with Gasteiger partial charge in [0.2, 0.25) is 0 Å². The fourth-order valence-corrected chi connectivity index (χ4v) is 4.10. The summed E-state index contributed by atoms with van der Waals surface area (Å²) >= 11 is 0. The summed E-state index contributed by atoms with van der Waals surface area (Å²) in [7, 11) is 2.09. The fraction of sp³-hybridized carbons (Fsp3) is 0.812. The zero-order valence-corrected chi connectivity index (χ0v) is 14.4. The molecule has 0 aliphatic carbocycles. The van der Waals surface area contributed by atoms with Crippen molar-refractivity contribution >= 4 is 12.4 Å². The molecule has 2 aliphatic heterocycles. The number of likely N-dealkylation sites (tertiary alicyclic amines) is 1. The Kier molecular flexibility index (Phi) is 5.33. The molecule has 4 nitrogen and oxygen atoms in total. The van der Waals surface area contributed by atoms with Crippen LogP contribution in [-0.2, 0) is 26.4 Å². The summed E-state index contributed by atoms with van der Waals surface area (Å²) in [5, 5.41) is 8.25. The molecule has 0 saturated carbocycles. The van der Waals surface area contributed by atoms with Crippen LogP contribution in [-0.4, -0.2) is 40.9 Å². The summed E-state index contributed by atoms with van der Waals surface area (Å²) in [5.74, 6) is 0. The first-order valence-electron chi connectivity index (χ1n) is 8.14. The van der Waals surface area contributed by atoms with Gasteiger partial charge in [0.05, 0.1) is 5.69 Å². The lowest BCUT2D eigenvalue weighted by Crippen LogP contribution is -2.29. The standard InChI is InChI=1S/C16H28N4.ClH/c1-4-14-13(15(5-2)19(3)18-14)10-20-9-7-16(12-20)6-8-17-11-16;/h17H,4-12H2,1-3H3;1H. The second-order valence-electron chi connectivity index (χ2n) is 6.59. The maximum Gasteiger partial charge on any atom is 0.0669 e. The van der Waals surface area contributed by atoms with Gasteiger partial charge in [-0.15, -0.1) is 12.4 Å². The van der Waals surface area contributed by atoms with Crippen LogP contribution in [0.25, 0.3) is 0 Å². The van der Waals surface area contributed by atoms with Crippen LogP contribution in [0.1, 0.15) is 43.6 Å². The second-order valence-corrected chi connectivity index (χ2v) is 6.59. The minimum atomic E-state index is 0. The van der Waals surface area contributed by atoms with Crippen LogP contribution in [0.4, 0.5) is 0 Å². The van der Waals surface area contributed by atoms with Crippen molar-refractivity contribution in [1.29, 1.82) is 0 Å². The van der Waals surface area contributed by atoms with Gasteiger partial charge < -0.3 is 5.32 Å². The molecule has 21 heavy (non-hydrogen) atoms. The quantitative estimate of drug-likeness (QED) is 0.925. The lowest BCUT2D eigenvalue weighted by atomic mass is 9.86. The van der Waals surface area contributed by atoms with E-state index in [2.05, 4.69) is 35.8 Å². The van der Waals surface area contributed by atoms with Crippen molar-refractivity contribution in [3.63, 3.8) is 0 Å². The molecule has 1 aromatic rings. The van der Waals surface area contributed by atoms with E-state index in [1.807, 2.05) is 0 Å². The van der Waals surface area contributed by atoms with E-state index >= 15 is 0 Å². The predicted molar refractivity (Wildman–Crippen MR) is 89.0 cm³/mol. The van der Waals surface area contributed by atoms with Crippen molar-refractivity contribution in [1.82, 2.24) is 20.0 Å². The number of hydrogen-bond donors (Lipinski definition) is 1. The zero-order valence-electron chi connectivity index (χ0n) is 13.6. The van der Waals surface area contributed by atoms with E-state index in [9.17, 15) is 0 Å². The van der Waals surface area contributed by atoms with Crippen LogP contribution >= 0.6 is 12.4 Å². The van der Waals surface area contributed by atoms with Gasteiger partial charge in [0.1, 0.15) is 0 Å². The van der Waals surface area contributed by atoms with Gasteiger partial charge in [0.15, 0.2) is 0 Å². The zero-order chi connectivity index (χ0) is 14.2. The molecule has 120 valence electrons. The largest absolute Gasteiger partial charge is 0.316 e. The minimum Gasteiger partial charge on any atom is -0.316 e. The molecule has 1 atom stereocenters. The first-order chi connectivity index (χ1) is 9.67. The molecule has 0 radical (unpaired) electrons. The molecule has 2 saturated heterocycles. The van der Waals surface area contributed by atoms with Crippen LogP contribution in [0, 0.1) is 5.41 Å². The first-order valence-corrected chi connectivity index (χ1v) is 8.14. The monoisotopic (exact) mass is 312 g/mol. The van der Waals surface area contributed by atoms with E-state index < -0.39 is 0 Å². The molecule has 0 aromatic carbocycles. The Balaban J connectivity index is 0.00000161. The third-order valence-corrected chi connectivity index (χ3v) is 5.26. The van der Waals surface area contributed by atoms with Crippen LogP contribution in [0.5, 0.6) is 0 Å². The first kappa shape index (κ1) is 16.8. The maximum atomic E-state index is 4.71. The number of nitrogens with zero attached hydrogens (tertiary/aromatic N) is 3. The SMILES string of the molecule is CCc1nn(C)c(CC)c1CN1CCC2(CCNC2)C1.Cl. The molecule has 1 aromatic heterocycles. The topological polar surface area (TPSA) is 33.1 Å². The summed E-state index contributed by atoms with van der Waals surface area (Å²) in [6, 6.07) is 0. The van der Waals surface area contributed by atoms with Gasteiger partial charge in [0.25, 0.3) is 0 Å². The van der Waals surface area contributed by atoms with Crippen molar-refractivity contribution in [2.75, 3.05) is 26.2 Å². The molecule has 3 heterocycles. The van der Waals surface area contributed by atoms with Crippen LogP contribution < -0.4 is 5.32 Å². The molecular formula is C16H29ClN4. The Morgan fingerprint density at radius 3 is 2.67 bits per heavy atom. The van der Waals surface area contributed by atoms with Crippen LogP contribution in [0.15, 0.2) is 0 Å². The van der Waals surface area contributed by atoms with E-state index in [0.29, 0.717) is 5.41 Å². The van der Waals surface area contributed by atoms with Gasteiger partial charge in [-0.2, -0.15) is 5.10 Å². The van der Waals surface area contributed by atoms with Gasteiger partial charge in [-0.05, 0) is 44.2 Å². The Labute approximate surface area is 134 Å². The smallest absolute Gasteiger partial charge is 0.0669 e. The average Bonchev–Trinajstić information content (AvgIpc) is 3.13. The highest BCUT2D eigenvalue weighted by molar-refractivity contribution is 5.85. The number of halogens is 1. The maximum absolute atomic E-state index is 4.71. The molecule has 1 spiro atoms. The summed E-state index contributed by atoms with van der Waals surface area (Å²) in [4.78, 5) is 2.66. The Morgan fingerprint density at radius 2 is 2.05 bits per heavy atom. The van der Waals surface area contributed by atoms with E-state index in [1.165, 1.54) is 56.0 Å². The highest BCUT2D eigenvalue weighted by Crippen LogP contribution is 2.37. The van der Waals surface area contributed by atoms with E-state index in [-0.39, 0.29) is 12.4 Å². The minimum absolute atomic E-state index is 0. The van der Waals surface area contributed by atoms with Crippen LogP contribution in [0.3, 0.4) is 0 Å². The van der Waals surface area contributed by atoms with Gasteiger partial charge >= 0.3 is 0 Å². The summed E-state index contributed by atoms with van der Waals surface area (Å²) in [6.45, 7) is 10.5. The molecule has 2 aliphatic rings. The Bertz CT molecular complexity index is 477. The third kappa shape index (κ3) is 3.13. The van der Waals surface area contributed by atoms with Gasteiger partial charge in [-0.25, -0.2) is 0 Å². The lowest BCUT2D eigenvalue weighted by molar-refractivity contribution is 0.267. The number of aromatic nitrogens is 2. The van der Waals surface area contributed by atoms with Gasteiger partial charge in [-0.3, -0.25) is 9.58 Å². The third-order valence-electron chi connectivity index (χ3n) is 5.26. The van der Waals surface area contributed by atoms with Crippen molar-refractivity contribution in [3.05, 3.63) is 17.0 Å². The second kappa shape index (κ2) is 6.67. The van der Waals surface area contributed by atoms with Gasteiger partial charge in [0, 0.05) is 37.9 Å². The highest BCUT2D eigenvalue weighted by atomic mass is 35.5.